The number of rotatable bonds is 10. The maximum absolute atomic E-state index is 11.4. The molecule has 3 atom stereocenters. The first-order valence-electron chi connectivity index (χ1n) is 9.49. The summed E-state index contributed by atoms with van der Waals surface area (Å²) in [6.07, 6.45) is 7.75. The van der Waals surface area contributed by atoms with Crippen LogP contribution in [0.2, 0.25) is 0 Å². The molecule has 1 unspecified atom stereocenters. The summed E-state index contributed by atoms with van der Waals surface area (Å²) in [6.45, 7) is 7.64. The fourth-order valence-corrected chi connectivity index (χ4v) is 3.42. The third-order valence-corrected chi connectivity index (χ3v) is 4.85. The Morgan fingerprint density at radius 2 is 1.88 bits per heavy atom. The Labute approximate surface area is 152 Å². The molecule has 3 heteroatoms. The van der Waals surface area contributed by atoms with E-state index in [1.54, 1.807) is 6.08 Å². The average Bonchev–Trinajstić information content (AvgIpc) is 2.59. The van der Waals surface area contributed by atoms with E-state index in [2.05, 4.69) is 39.0 Å². The van der Waals surface area contributed by atoms with Crippen molar-refractivity contribution in [3.63, 3.8) is 0 Å². The first-order valence-corrected chi connectivity index (χ1v) is 9.49. The molecule has 1 aliphatic rings. The fourth-order valence-electron chi connectivity index (χ4n) is 3.42. The Bertz CT molecular complexity index is 535. The summed E-state index contributed by atoms with van der Waals surface area (Å²) >= 11 is 0. The third kappa shape index (κ3) is 7.54. The fraction of sp³-hybridized carbons (Fsp3) is 0.591. The van der Waals surface area contributed by atoms with Gasteiger partial charge >= 0.3 is 0 Å². The third-order valence-electron chi connectivity index (χ3n) is 4.85. The number of ketones is 1. The zero-order valence-electron chi connectivity index (χ0n) is 15.8. The summed E-state index contributed by atoms with van der Waals surface area (Å²) in [5, 5.41) is 0. The lowest BCUT2D eigenvalue weighted by atomic mass is 9.81. The second-order valence-electron chi connectivity index (χ2n) is 7.61. The van der Waals surface area contributed by atoms with Crippen molar-refractivity contribution in [1.82, 2.24) is 0 Å². The van der Waals surface area contributed by atoms with Gasteiger partial charge in [0.1, 0.15) is 6.79 Å². The highest BCUT2D eigenvalue weighted by atomic mass is 16.7. The molecule has 0 saturated heterocycles. The molecule has 138 valence electrons. The lowest BCUT2D eigenvalue weighted by Gasteiger charge is -2.28. The van der Waals surface area contributed by atoms with Crippen LogP contribution in [0.15, 0.2) is 42.5 Å². The van der Waals surface area contributed by atoms with Crippen molar-refractivity contribution in [3.8, 4) is 0 Å². The van der Waals surface area contributed by atoms with Gasteiger partial charge in [0.05, 0.1) is 12.7 Å². The highest BCUT2D eigenvalue weighted by Gasteiger charge is 2.23. The van der Waals surface area contributed by atoms with Gasteiger partial charge in [0.15, 0.2) is 5.78 Å². The molecule has 0 fully saturated rings. The highest BCUT2D eigenvalue weighted by Crippen LogP contribution is 2.29. The monoisotopic (exact) mass is 344 g/mol. The van der Waals surface area contributed by atoms with Crippen molar-refractivity contribution in [2.45, 2.75) is 59.2 Å². The molecule has 0 bridgehead atoms. The molecule has 0 N–H and O–H groups in total. The summed E-state index contributed by atoms with van der Waals surface area (Å²) in [5.74, 6) is 1.85. The van der Waals surface area contributed by atoms with Gasteiger partial charge in [-0.3, -0.25) is 4.79 Å². The zero-order chi connectivity index (χ0) is 18.1. The number of ether oxygens (including phenoxy) is 2. The molecule has 0 aliphatic heterocycles. The van der Waals surface area contributed by atoms with E-state index in [-0.39, 0.29) is 11.9 Å². The summed E-state index contributed by atoms with van der Waals surface area (Å²) < 4.78 is 11.7. The van der Waals surface area contributed by atoms with E-state index in [1.807, 2.05) is 18.2 Å². The Morgan fingerprint density at radius 3 is 2.52 bits per heavy atom. The molecule has 0 aromatic heterocycles. The number of carbonyl (C=O) groups excluding carboxylic acids is 1. The van der Waals surface area contributed by atoms with Crippen molar-refractivity contribution < 1.29 is 14.3 Å². The maximum atomic E-state index is 11.4. The van der Waals surface area contributed by atoms with E-state index in [1.165, 1.54) is 0 Å². The first-order chi connectivity index (χ1) is 12.0. The van der Waals surface area contributed by atoms with E-state index in [0.29, 0.717) is 37.6 Å². The van der Waals surface area contributed by atoms with Crippen LogP contribution in [0.25, 0.3) is 0 Å². The lowest BCUT2D eigenvalue weighted by molar-refractivity contribution is -0.115. The molecule has 0 saturated carbocycles. The van der Waals surface area contributed by atoms with Crippen LogP contribution < -0.4 is 0 Å². The standard InChI is InChI=1S/C22H32O3/c1-17(2)13-22(14-18(3)20-9-11-21(23)12-10-20)25-16-24-15-19-7-5-4-6-8-19/h4-9,11,17-18,20,22H,10,12-16H2,1-3H3/t18-,20+,22?/m1/s1. The van der Waals surface area contributed by atoms with Crippen molar-refractivity contribution in [3.05, 3.63) is 48.0 Å². The van der Waals surface area contributed by atoms with Gasteiger partial charge < -0.3 is 9.47 Å². The van der Waals surface area contributed by atoms with Crippen LogP contribution in [0.3, 0.4) is 0 Å². The van der Waals surface area contributed by atoms with Crippen LogP contribution in [-0.4, -0.2) is 18.7 Å². The minimum atomic E-state index is 0.205. The molecule has 1 aromatic rings. The molecule has 0 radical (unpaired) electrons. The van der Waals surface area contributed by atoms with Crippen LogP contribution in [-0.2, 0) is 20.9 Å². The molecule has 2 rings (SSSR count). The van der Waals surface area contributed by atoms with Crippen molar-refractivity contribution in [2.24, 2.45) is 17.8 Å². The minimum absolute atomic E-state index is 0.205. The number of carbonyl (C=O) groups is 1. The van der Waals surface area contributed by atoms with E-state index in [0.717, 1.165) is 24.8 Å². The summed E-state index contributed by atoms with van der Waals surface area (Å²) in [6, 6.07) is 10.2. The zero-order valence-corrected chi connectivity index (χ0v) is 15.8. The topological polar surface area (TPSA) is 35.5 Å². The molecule has 0 amide bonds. The van der Waals surface area contributed by atoms with E-state index < -0.39 is 0 Å². The van der Waals surface area contributed by atoms with Gasteiger partial charge in [-0.25, -0.2) is 0 Å². The lowest BCUT2D eigenvalue weighted by Crippen LogP contribution is -2.24. The minimum Gasteiger partial charge on any atom is -0.352 e. The van der Waals surface area contributed by atoms with Crippen molar-refractivity contribution in [1.29, 1.82) is 0 Å². The second kappa shape index (κ2) is 10.5. The Morgan fingerprint density at radius 1 is 1.12 bits per heavy atom. The van der Waals surface area contributed by atoms with Crippen LogP contribution in [0.5, 0.6) is 0 Å². The van der Waals surface area contributed by atoms with Gasteiger partial charge in [0.25, 0.3) is 0 Å². The normalized spacial score (nSPS) is 20.0. The number of allylic oxidation sites excluding steroid dienone is 2. The number of hydrogen-bond donors (Lipinski definition) is 0. The smallest absolute Gasteiger partial charge is 0.155 e. The summed E-state index contributed by atoms with van der Waals surface area (Å²) in [5.41, 5.74) is 1.16. The van der Waals surface area contributed by atoms with E-state index in [9.17, 15) is 4.79 Å². The SMILES string of the molecule is CC(C)CC(C[C@@H](C)[C@H]1C=CC(=O)CC1)OCOCc1ccccc1. The maximum Gasteiger partial charge on any atom is 0.155 e. The van der Waals surface area contributed by atoms with Crippen LogP contribution in [0.1, 0.15) is 52.0 Å². The van der Waals surface area contributed by atoms with Gasteiger partial charge in [-0.2, -0.15) is 0 Å². The summed E-state index contributed by atoms with van der Waals surface area (Å²) in [7, 11) is 0. The van der Waals surface area contributed by atoms with Gasteiger partial charge in [0, 0.05) is 6.42 Å². The molecule has 3 nitrogen and oxygen atoms in total. The van der Waals surface area contributed by atoms with E-state index in [4.69, 9.17) is 9.47 Å². The van der Waals surface area contributed by atoms with E-state index >= 15 is 0 Å². The second-order valence-corrected chi connectivity index (χ2v) is 7.61. The largest absolute Gasteiger partial charge is 0.352 e. The average molecular weight is 344 g/mol. The molecule has 0 heterocycles. The number of benzene rings is 1. The number of hydrogen-bond acceptors (Lipinski definition) is 3. The molecule has 0 spiro atoms. The van der Waals surface area contributed by atoms with Gasteiger partial charge in [0.2, 0.25) is 0 Å². The quantitative estimate of drug-likeness (QED) is 0.435. The first kappa shape index (κ1) is 19.9. The molecule has 1 aromatic carbocycles. The van der Waals surface area contributed by atoms with Crippen molar-refractivity contribution in [2.75, 3.05) is 6.79 Å². The molecule has 25 heavy (non-hydrogen) atoms. The predicted molar refractivity (Wildman–Crippen MR) is 101 cm³/mol. The molecule has 1 aliphatic carbocycles. The van der Waals surface area contributed by atoms with Crippen LogP contribution >= 0.6 is 0 Å². The van der Waals surface area contributed by atoms with Crippen LogP contribution in [0.4, 0.5) is 0 Å². The highest BCUT2D eigenvalue weighted by molar-refractivity contribution is 5.90. The van der Waals surface area contributed by atoms with Gasteiger partial charge in [-0.1, -0.05) is 57.2 Å². The van der Waals surface area contributed by atoms with Gasteiger partial charge in [-0.05, 0) is 48.7 Å². The van der Waals surface area contributed by atoms with Crippen LogP contribution in [0, 0.1) is 17.8 Å². The Hall–Kier alpha value is -1.45. The Balaban J connectivity index is 1.77. The Kier molecular flexibility index (Phi) is 8.36. The summed E-state index contributed by atoms with van der Waals surface area (Å²) in [4.78, 5) is 11.4. The molecular weight excluding hydrogens is 312 g/mol. The van der Waals surface area contributed by atoms with Crippen molar-refractivity contribution >= 4 is 5.78 Å². The molecular formula is C22H32O3. The van der Waals surface area contributed by atoms with Gasteiger partial charge in [-0.15, -0.1) is 0 Å². The predicted octanol–water partition coefficient (Wildman–Crippen LogP) is 5.15.